The van der Waals surface area contributed by atoms with E-state index in [4.69, 9.17) is 16.0 Å². The Balaban J connectivity index is 1.73. The third-order valence-corrected chi connectivity index (χ3v) is 2.90. The Morgan fingerprint density at radius 1 is 1.05 bits per heavy atom. The molecule has 0 atom stereocenters. The minimum absolute atomic E-state index is 0.0678. The first-order valence-corrected chi connectivity index (χ1v) is 6.81. The smallest absolute Gasteiger partial charge is 0.233 e. The number of phenols is 1. The molecule has 112 valence electrons. The lowest BCUT2D eigenvalue weighted by molar-refractivity contribution is 0.475. The number of halogens is 1. The molecule has 0 unspecified atom stereocenters. The third kappa shape index (κ3) is 3.64. The highest BCUT2D eigenvalue weighted by Crippen LogP contribution is 2.18. The molecule has 0 aliphatic rings. The number of aromatic hydroxyl groups is 1. The Hall–Kier alpha value is -2.80. The van der Waals surface area contributed by atoms with Crippen molar-refractivity contribution in [2.45, 2.75) is 6.54 Å². The van der Waals surface area contributed by atoms with Crippen molar-refractivity contribution in [2.75, 3.05) is 10.6 Å². The molecular weight excluding hydrogens is 306 g/mol. The number of nitrogens with zero attached hydrogens (tertiary/aromatic N) is 3. The van der Waals surface area contributed by atoms with Crippen LogP contribution in [-0.4, -0.2) is 20.1 Å². The summed E-state index contributed by atoms with van der Waals surface area (Å²) in [5.74, 6) is 1.56. The molecule has 0 radical (unpaired) electrons. The lowest BCUT2D eigenvalue weighted by Crippen LogP contribution is -2.06. The Morgan fingerprint density at radius 3 is 2.55 bits per heavy atom. The number of phenolic OH excluding ortho intramolecular Hbond substituents is 1. The number of aromatic nitrogens is 3. The van der Waals surface area contributed by atoms with Crippen molar-refractivity contribution in [3.63, 3.8) is 0 Å². The fourth-order valence-corrected chi connectivity index (χ4v) is 1.90. The van der Waals surface area contributed by atoms with Gasteiger partial charge in [-0.3, -0.25) is 0 Å². The third-order valence-electron chi connectivity index (χ3n) is 2.73. The Morgan fingerprint density at radius 2 is 1.82 bits per heavy atom. The number of anilines is 3. The number of hydrogen-bond acceptors (Lipinski definition) is 7. The van der Waals surface area contributed by atoms with E-state index in [0.717, 1.165) is 11.4 Å². The van der Waals surface area contributed by atoms with E-state index in [1.54, 1.807) is 36.6 Å². The average molecular weight is 318 g/mol. The number of rotatable bonds is 5. The lowest BCUT2D eigenvalue weighted by atomic mass is 10.3. The molecule has 0 saturated heterocycles. The summed E-state index contributed by atoms with van der Waals surface area (Å²) in [5, 5.41) is 15.3. The summed E-state index contributed by atoms with van der Waals surface area (Å²) in [6.45, 7) is 0.436. The van der Waals surface area contributed by atoms with Crippen LogP contribution in [0.2, 0.25) is 5.28 Å². The summed E-state index contributed by atoms with van der Waals surface area (Å²) in [5.41, 5.74) is 0.719. The highest BCUT2D eigenvalue weighted by molar-refractivity contribution is 6.28. The predicted molar refractivity (Wildman–Crippen MR) is 82.3 cm³/mol. The minimum atomic E-state index is 0.0678. The molecule has 7 nitrogen and oxygen atoms in total. The van der Waals surface area contributed by atoms with Gasteiger partial charge < -0.3 is 20.2 Å². The van der Waals surface area contributed by atoms with E-state index in [0.29, 0.717) is 18.4 Å². The van der Waals surface area contributed by atoms with Crippen LogP contribution in [0.5, 0.6) is 5.75 Å². The summed E-state index contributed by atoms with van der Waals surface area (Å²) in [6, 6.07) is 10.1. The molecule has 0 spiro atoms. The zero-order valence-electron chi connectivity index (χ0n) is 11.3. The molecule has 3 N–H and O–H groups in total. The maximum Gasteiger partial charge on any atom is 0.233 e. The summed E-state index contributed by atoms with van der Waals surface area (Å²) in [4.78, 5) is 12.2. The fraction of sp³-hybridized carbons (Fsp3) is 0.0714. The Labute approximate surface area is 131 Å². The van der Waals surface area contributed by atoms with Gasteiger partial charge in [0.25, 0.3) is 0 Å². The molecule has 3 rings (SSSR count). The molecule has 0 aliphatic heterocycles. The van der Waals surface area contributed by atoms with Crippen molar-refractivity contribution in [1.29, 1.82) is 0 Å². The van der Waals surface area contributed by atoms with E-state index < -0.39 is 0 Å². The van der Waals surface area contributed by atoms with Crippen LogP contribution in [0.4, 0.5) is 17.6 Å². The highest BCUT2D eigenvalue weighted by atomic mass is 35.5. The van der Waals surface area contributed by atoms with Gasteiger partial charge in [0, 0.05) is 5.69 Å². The molecule has 1 aromatic carbocycles. The summed E-state index contributed by atoms with van der Waals surface area (Å²) >= 11 is 5.90. The van der Waals surface area contributed by atoms with Crippen molar-refractivity contribution >= 4 is 29.2 Å². The first-order chi connectivity index (χ1) is 10.7. The van der Waals surface area contributed by atoms with Crippen molar-refractivity contribution in [3.05, 3.63) is 53.7 Å². The van der Waals surface area contributed by atoms with Gasteiger partial charge >= 0.3 is 0 Å². The van der Waals surface area contributed by atoms with Crippen molar-refractivity contribution in [1.82, 2.24) is 15.0 Å². The summed E-state index contributed by atoms with van der Waals surface area (Å²) in [7, 11) is 0. The standard InChI is InChI=1S/C14H12ClN5O2/c15-12-18-13(16-8-11-2-1-7-22-11)20-14(19-12)17-9-3-5-10(21)6-4-9/h1-7,21H,8H2,(H2,16,17,18,19,20). The Kier molecular flexibility index (Phi) is 4.06. The van der Waals surface area contributed by atoms with Crippen LogP contribution in [0, 0.1) is 0 Å². The number of benzene rings is 1. The molecule has 2 aromatic heterocycles. The van der Waals surface area contributed by atoms with Gasteiger partial charge in [0.05, 0.1) is 12.8 Å². The topological polar surface area (TPSA) is 96.1 Å². The van der Waals surface area contributed by atoms with Gasteiger partial charge in [0.1, 0.15) is 11.5 Å². The van der Waals surface area contributed by atoms with Crippen LogP contribution in [0.1, 0.15) is 5.76 Å². The zero-order valence-corrected chi connectivity index (χ0v) is 12.1. The van der Waals surface area contributed by atoms with Gasteiger partial charge in [-0.05, 0) is 48.0 Å². The number of hydrogen-bond donors (Lipinski definition) is 3. The van der Waals surface area contributed by atoms with E-state index in [1.165, 1.54) is 0 Å². The van der Waals surface area contributed by atoms with Crippen molar-refractivity contribution in [3.8, 4) is 5.75 Å². The average Bonchev–Trinajstić information content (AvgIpc) is 3.00. The molecule has 2 heterocycles. The van der Waals surface area contributed by atoms with Crippen LogP contribution in [0.3, 0.4) is 0 Å². The van der Waals surface area contributed by atoms with Gasteiger partial charge in [-0.25, -0.2) is 0 Å². The first-order valence-electron chi connectivity index (χ1n) is 6.43. The van der Waals surface area contributed by atoms with E-state index in [9.17, 15) is 5.11 Å². The van der Waals surface area contributed by atoms with Crippen LogP contribution in [0.25, 0.3) is 0 Å². The van der Waals surface area contributed by atoms with E-state index in [2.05, 4.69) is 25.6 Å². The van der Waals surface area contributed by atoms with Gasteiger partial charge in [0.2, 0.25) is 17.2 Å². The summed E-state index contributed by atoms with van der Waals surface area (Å²) in [6.07, 6.45) is 1.59. The maximum atomic E-state index is 9.26. The summed E-state index contributed by atoms with van der Waals surface area (Å²) < 4.78 is 5.22. The van der Waals surface area contributed by atoms with Crippen LogP contribution < -0.4 is 10.6 Å². The molecule has 8 heteroatoms. The fourth-order valence-electron chi connectivity index (χ4n) is 1.74. The van der Waals surface area contributed by atoms with Crippen molar-refractivity contribution < 1.29 is 9.52 Å². The van der Waals surface area contributed by atoms with Crippen LogP contribution >= 0.6 is 11.6 Å². The largest absolute Gasteiger partial charge is 0.508 e. The molecule has 0 fully saturated rings. The molecule has 3 aromatic rings. The number of nitrogens with one attached hydrogen (secondary N) is 2. The molecule has 0 aliphatic carbocycles. The SMILES string of the molecule is Oc1ccc(Nc2nc(Cl)nc(NCc3ccco3)n2)cc1. The quantitative estimate of drug-likeness (QED) is 0.622. The van der Waals surface area contributed by atoms with Crippen LogP contribution in [0.15, 0.2) is 47.1 Å². The van der Waals surface area contributed by atoms with Crippen molar-refractivity contribution in [2.24, 2.45) is 0 Å². The van der Waals surface area contributed by atoms with Gasteiger partial charge in [-0.2, -0.15) is 15.0 Å². The van der Waals surface area contributed by atoms with E-state index >= 15 is 0 Å². The molecule has 0 bridgehead atoms. The van der Waals surface area contributed by atoms with E-state index in [-0.39, 0.29) is 11.0 Å². The van der Waals surface area contributed by atoms with Gasteiger partial charge in [-0.15, -0.1) is 0 Å². The second-order valence-electron chi connectivity index (χ2n) is 4.36. The van der Waals surface area contributed by atoms with Crippen LogP contribution in [-0.2, 0) is 6.54 Å². The normalized spacial score (nSPS) is 10.4. The molecule has 0 amide bonds. The molecular formula is C14H12ClN5O2. The highest BCUT2D eigenvalue weighted by Gasteiger charge is 2.06. The monoisotopic (exact) mass is 317 g/mol. The Bertz CT molecular complexity index is 746. The lowest BCUT2D eigenvalue weighted by Gasteiger charge is -2.07. The van der Waals surface area contributed by atoms with E-state index in [1.807, 2.05) is 6.07 Å². The van der Waals surface area contributed by atoms with Gasteiger partial charge in [-0.1, -0.05) is 0 Å². The second-order valence-corrected chi connectivity index (χ2v) is 4.69. The van der Waals surface area contributed by atoms with Gasteiger partial charge in [0.15, 0.2) is 0 Å². The first kappa shape index (κ1) is 14.2. The number of furan rings is 1. The molecule has 22 heavy (non-hydrogen) atoms. The second kappa shape index (κ2) is 6.31. The zero-order chi connectivity index (χ0) is 15.4. The predicted octanol–water partition coefficient (Wildman–Crippen LogP) is 3.18. The molecule has 0 saturated carbocycles. The maximum absolute atomic E-state index is 9.26. The minimum Gasteiger partial charge on any atom is -0.508 e.